The van der Waals surface area contributed by atoms with Gasteiger partial charge in [0.15, 0.2) is 0 Å². The summed E-state index contributed by atoms with van der Waals surface area (Å²) < 4.78 is 0. The molecule has 0 aromatic heterocycles. The third kappa shape index (κ3) is 4.23. The van der Waals surface area contributed by atoms with Gasteiger partial charge in [-0.3, -0.25) is 5.32 Å². The minimum atomic E-state index is 1.22. The second-order valence-electron chi connectivity index (χ2n) is 3.70. The summed E-state index contributed by atoms with van der Waals surface area (Å²) in [5.41, 5.74) is 1.22. The van der Waals surface area contributed by atoms with Gasteiger partial charge in [0, 0.05) is 16.8 Å². The molecule has 79 valence electrons. The van der Waals surface area contributed by atoms with Gasteiger partial charge in [-0.25, -0.2) is 0 Å². The van der Waals surface area contributed by atoms with Crippen molar-refractivity contribution < 1.29 is 0 Å². The zero-order chi connectivity index (χ0) is 10.2. The summed E-state index contributed by atoms with van der Waals surface area (Å²) in [6, 6.07) is 0. The van der Waals surface area contributed by atoms with E-state index >= 15 is 0 Å². The van der Waals surface area contributed by atoms with E-state index in [4.69, 9.17) is 0 Å². The molecule has 0 unspecified atom stereocenters. The fourth-order valence-corrected chi connectivity index (χ4v) is 2.31. The predicted octanol–water partition coefficient (Wildman–Crippen LogP) is 4.40. The Morgan fingerprint density at radius 1 is 1.21 bits per heavy atom. The zero-order valence-corrected chi connectivity index (χ0v) is 10.1. The first-order valence-electron chi connectivity index (χ1n) is 5.57. The summed E-state index contributed by atoms with van der Waals surface area (Å²) in [7, 11) is 0. The fraction of sp³-hybridized carbons (Fsp3) is 0.667. The first-order valence-corrected chi connectivity index (χ1v) is 6.45. The van der Waals surface area contributed by atoms with Crippen LogP contribution in [0.25, 0.3) is 0 Å². The van der Waals surface area contributed by atoms with Crippen LogP contribution in [-0.4, -0.2) is 0 Å². The van der Waals surface area contributed by atoms with E-state index < -0.39 is 0 Å². The second-order valence-corrected chi connectivity index (χ2v) is 4.71. The Kier molecular flexibility index (Phi) is 5.85. The van der Waals surface area contributed by atoms with Crippen molar-refractivity contribution in [2.45, 2.75) is 52.4 Å². The molecule has 1 heterocycles. The molecule has 0 aliphatic carbocycles. The van der Waals surface area contributed by atoms with Gasteiger partial charge in [-0.2, -0.15) is 0 Å². The van der Waals surface area contributed by atoms with Crippen molar-refractivity contribution in [1.82, 2.24) is 5.32 Å². The molecule has 14 heavy (non-hydrogen) atoms. The molecule has 0 aromatic rings. The van der Waals surface area contributed by atoms with Gasteiger partial charge >= 0.3 is 0 Å². The maximum atomic E-state index is 4.30. The summed E-state index contributed by atoms with van der Waals surface area (Å²) in [5.74, 6) is 0. The fourth-order valence-electron chi connectivity index (χ4n) is 1.54. The minimum Gasteiger partial charge on any atom is -0.260 e. The van der Waals surface area contributed by atoms with E-state index in [0.717, 1.165) is 0 Å². The lowest BCUT2D eigenvalue weighted by Crippen LogP contribution is -1.99. The van der Waals surface area contributed by atoms with Gasteiger partial charge in [-0.15, -0.1) is 0 Å². The Morgan fingerprint density at radius 2 is 2.00 bits per heavy atom. The Labute approximate surface area is 92.0 Å². The molecule has 0 saturated heterocycles. The lowest BCUT2D eigenvalue weighted by molar-refractivity contribution is 0.634. The van der Waals surface area contributed by atoms with E-state index in [1.165, 1.54) is 49.1 Å². The van der Waals surface area contributed by atoms with Crippen LogP contribution in [-0.2, 0) is 0 Å². The lowest BCUT2D eigenvalue weighted by atomic mass is 10.1. The van der Waals surface area contributed by atoms with Gasteiger partial charge in [0.25, 0.3) is 0 Å². The van der Waals surface area contributed by atoms with Gasteiger partial charge in [0.1, 0.15) is 0 Å². The summed E-state index contributed by atoms with van der Waals surface area (Å²) in [5, 5.41) is 6.38. The van der Waals surface area contributed by atoms with Crippen molar-refractivity contribution in [2.24, 2.45) is 0 Å². The quantitative estimate of drug-likeness (QED) is 0.593. The van der Waals surface area contributed by atoms with Gasteiger partial charge in [-0.05, 0) is 25.2 Å². The monoisotopic (exact) mass is 210 g/mol. The molecule has 0 saturated carbocycles. The van der Waals surface area contributed by atoms with Crippen LogP contribution >= 0.6 is 11.8 Å². The maximum absolute atomic E-state index is 4.30. The topological polar surface area (TPSA) is 14.1 Å². The van der Waals surface area contributed by atoms with Crippen molar-refractivity contribution in [2.75, 3.05) is 0 Å². The average Bonchev–Trinajstić information content (AvgIpc) is 2.20. The Bertz CT molecular complexity index is 218. The van der Waals surface area contributed by atoms with Crippen LogP contribution in [0, 0.1) is 0 Å². The molecule has 0 amide bonds. The van der Waals surface area contributed by atoms with Crippen LogP contribution in [0.1, 0.15) is 52.4 Å². The van der Waals surface area contributed by atoms with E-state index in [9.17, 15) is 0 Å². The SMILES string of the molecule is CCCCCCCC1=C(C)[N]C=CS1. The molecule has 1 rings (SSSR count). The summed E-state index contributed by atoms with van der Waals surface area (Å²) in [6.45, 7) is 4.37. The number of hydrogen-bond donors (Lipinski definition) is 0. The van der Waals surface area contributed by atoms with E-state index in [0.29, 0.717) is 0 Å². The van der Waals surface area contributed by atoms with Crippen molar-refractivity contribution in [3.8, 4) is 0 Å². The first-order chi connectivity index (χ1) is 6.84. The molecule has 2 heteroatoms. The highest BCUT2D eigenvalue weighted by Gasteiger charge is 2.05. The first kappa shape index (κ1) is 11.7. The molecule has 1 aliphatic rings. The molecule has 1 nitrogen and oxygen atoms in total. The Hall–Kier alpha value is -0.370. The second kappa shape index (κ2) is 6.99. The number of allylic oxidation sites excluding steroid dienone is 2. The summed E-state index contributed by atoms with van der Waals surface area (Å²) in [4.78, 5) is 1.46. The smallest absolute Gasteiger partial charge is 0.0471 e. The molecule has 1 radical (unpaired) electrons. The Balaban J connectivity index is 2.11. The predicted molar refractivity (Wildman–Crippen MR) is 64.9 cm³/mol. The maximum Gasteiger partial charge on any atom is 0.0471 e. The standard InChI is InChI=1S/C12H20NS/c1-3-4-5-6-7-8-12-11(2)13-9-10-14-12/h9-10H,3-8H2,1-2H3. The van der Waals surface area contributed by atoms with Crippen LogP contribution in [0.2, 0.25) is 0 Å². The zero-order valence-electron chi connectivity index (χ0n) is 9.25. The average molecular weight is 210 g/mol. The van der Waals surface area contributed by atoms with Crippen LogP contribution in [0.5, 0.6) is 0 Å². The highest BCUT2D eigenvalue weighted by atomic mass is 32.2. The van der Waals surface area contributed by atoms with E-state index in [-0.39, 0.29) is 0 Å². The molecule has 0 aromatic carbocycles. The summed E-state index contributed by atoms with van der Waals surface area (Å²) in [6.07, 6.45) is 9.90. The third-order valence-corrected chi connectivity index (χ3v) is 3.49. The number of thioether (sulfide) groups is 1. The molecule has 0 fully saturated rings. The van der Waals surface area contributed by atoms with E-state index in [1.54, 1.807) is 0 Å². The van der Waals surface area contributed by atoms with Crippen LogP contribution in [0.3, 0.4) is 0 Å². The van der Waals surface area contributed by atoms with Gasteiger partial charge in [0.2, 0.25) is 0 Å². The normalized spacial score (nSPS) is 15.9. The van der Waals surface area contributed by atoms with Crippen LogP contribution < -0.4 is 5.32 Å². The molecule has 0 atom stereocenters. The van der Waals surface area contributed by atoms with E-state index in [2.05, 4.69) is 24.6 Å². The molecule has 1 aliphatic heterocycles. The Morgan fingerprint density at radius 3 is 2.71 bits per heavy atom. The number of hydrogen-bond acceptors (Lipinski definition) is 1. The van der Waals surface area contributed by atoms with Crippen molar-refractivity contribution >= 4 is 11.8 Å². The molecule has 0 spiro atoms. The van der Waals surface area contributed by atoms with Crippen LogP contribution in [0.15, 0.2) is 22.2 Å². The van der Waals surface area contributed by atoms with Gasteiger partial charge < -0.3 is 0 Å². The largest absolute Gasteiger partial charge is 0.260 e. The molecule has 0 N–H and O–H groups in total. The van der Waals surface area contributed by atoms with Crippen LogP contribution in [0.4, 0.5) is 0 Å². The molecule has 0 bridgehead atoms. The van der Waals surface area contributed by atoms with Crippen molar-refractivity contribution in [3.63, 3.8) is 0 Å². The highest BCUT2D eigenvalue weighted by molar-refractivity contribution is 8.05. The molecular weight excluding hydrogens is 190 g/mol. The lowest BCUT2D eigenvalue weighted by Gasteiger charge is -2.11. The van der Waals surface area contributed by atoms with Gasteiger partial charge in [0.05, 0.1) is 0 Å². The van der Waals surface area contributed by atoms with Crippen molar-refractivity contribution in [3.05, 3.63) is 22.2 Å². The molecular formula is C12H20NS. The number of unbranched alkanes of at least 4 members (excludes halogenated alkanes) is 4. The van der Waals surface area contributed by atoms with E-state index in [1.807, 2.05) is 18.0 Å². The highest BCUT2D eigenvalue weighted by Crippen LogP contribution is 2.28. The van der Waals surface area contributed by atoms with Gasteiger partial charge in [-0.1, -0.05) is 44.4 Å². The van der Waals surface area contributed by atoms with Crippen molar-refractivity contribution in [1.29, 1.82) is 0 Å². The number of rotatable bonds is 6. The summed E-state index contributed by atoms with van der Waals surface area (Å²) >= 11 is 1.84. The minimum absolute atomic E-state index is 1.22. The number of nitrogens with zero attached hydrogens (tertiary/aromatic N) is 1. The third-order valence-electron chi connectivity index (χ3n) is 2.45.